The molecule has 1 amide bonds. The van der Waals surface area contributed by atoms with E-state index in [9.17, 15) is 4.79 Å². The first-order chi connectivity index (χ1) is 9.72. The molecule has 0 spiro atoms. The number of nitrogens with one attached hydrogen (secondary N) is 2. The number of aromatic nitrogens is 2. The minimum atomic E-state index is -0.0691. The first-order valence-electron chi connectivity index (χ1n) is 7.56. The van der Waals surface area contributed by atoms with Gasteiger partial charge in [0, 0.05) is 31.9 Å². The van der Waals surface area contributed by atoms with Crippen molar-refractivity contribution in [2.75, 3.05) is 31.5 Å². The maximum atomic E-state index is 12.2. The highest BCUT2D eigenvalue weighted by atomic mass is 16.2. The van der Waals surface area contributed by atoms with E-state index in [0.717, 1.165) is 45.1 Å². The molecule has 1 unspecified atom stereocenters. The number of hydrogen-bond acceptors (Lipinski definition) is 4. The molecule has 2 aliphatic rings. The third-order valence-corrected chi connectivity index (χ3v) is 3.98. The number of nitrogens with zero attached hydrogens (tertiary/aromatic N) is 3. The standard InChI is InChI=1S/C14H23N5O/c1-11(9-18-6-2-3-7-18)16-13(20)12-10-19-8-4-5-15-14(19)17-12/h10-11H,2-9H2,1H3,(H,15,17)(H,16,20). The van der Waals surface area contributed by atoms with Crippen molar-refractivity contribution in [1.82, 2.24) is 19.8 Å². The molecule has 110 valence electrons. The van der Waals surface area contributed by atoms with Crippen LogP contribution in [-0.4, -0.2) is 52.6 Å². The van der Waals surface area contributed by atoms with Crippen LogP contribution in [-0.2, 0) is 6.54 Å². The van der Waals surface area contributed by atoms with Gasteiger partial charge in [0.15, 0.2) is 0 Å². The third kappa shape index (κ3) is 2.95. The van der Waals surface area contributed by atoms with Crippen molar-refractivity contribution in [2.24, 2.45) is 0 Å². The fourth-order valence-corrected chi connectivity index (χ4v) is 2.98. The SMILES string of the molecule is CC(CN1CCCC1)NC(=O)c1cn2c(n1)NCCC2. The van der Waals surface area contributed by atoms with E-state index >= 15 is 0 Å². The van der Waals surface area contributed by atoms with E-state index in [2.05, 4.69) is 27.4 Å². The monoisotopic (exact) mass is 277 g/mol. The highest BCUT2D eigenvalue weighted by Crippen LogP contribution is 2.14. The number of anilines is 1. The molecule has 1 aromatic rings. The molecule has 1 aromatic heterocycles. The minimum absolute atomic E-state index is 0.0691. The number of fused-ring (bicyclic) bond motifs is 1. The Morgan fingerprint density at radius 2 is 2.20 bits per heavy atom. The first-order valence-corrected chi connectivity index (χ1v) is 7.56. The van der Waals surface area contributed by atoms with E-state index in [1.54, 1.807) is 0 Å². The number of imidazole rings is 1. The van der Waals surface area contributed by atoms with Gasteiger partial charge in [0.25, 0.3) is 5.91 Å². The number of amides is 1. The molecule has 0 saturated carbocycles. The van der Waals surface area contributed by atoms with Gasteiger partial charge in [-0.25, -0.2) is 4.98 Å². The Labute approximate surface area is 119 Å². The molecule has 2 N–H and O–H groups in total. The molecule has 0 aromatic carbocycles. The van der Waals surface area contributed by atoms with Crippen LogP contribution in [0.2, 0.25) is 0 Å². The number of carbonyl (C=O) groups excluding carboxylic acids is 1. The predicted molar refractivity (Wildman–Crippen MR) is 77.9 cm³/mol. The topological polar surface area (TPSA) is 62.2 Å². The highest BCUT2D eigenvalue weighted by Gasteiger charge is 2.20. The smallest absolute Gasteiger partial charge is 0.271 e. The number of aryl methyl sites for hydroxylation is 1. The fourth-order valence-electron chi connectivity index (χ4n) is 2.98. The Balaban J connectivity index is 1.56. The minimum Gasteiger partial charge on any atom is -0.356 e. The first kappa shape index (κ1) is 13.4. The summed E-state index contributed by atoms with van der Waals surface area (Å²) in [5, 5.41) is 6.26. The Kier molecular flexibility index (Phi) is 3.91. The van der Waals surface area contributed by atoms with Crippen LogP contribution in [0.15, 0.2) is 6.20 Å². The molecular formula is C14H23N5O. The summed E-state index contributed by atoms with van der Waals surface area (Å²) >= 11 is 0. The molecule has 0 radical (unpaired) electrons. The molecule has 3 heterocycles. The van der Waals surface area contributed by atoms with Gasteiger partial charge < -0.3 is 20.1 Å². The molecule has 0 bridgehead atoms. The van der Waals surface area contributed by atoms with Gasteiger partial charge in [0.1, 0.15) is 5.69 Å². The van der Waals surface area contributed by atoms with Crippen molar-refractivity contribution >= 4 is 11.9 Å². The van der Waals surface area contributed by atoms with E-state index in [1.807, 2.05) is 10.8 Å². The van der Waals surface area contributed by atoms with Crippen LogP contribution in [0.1, 0.15) is 36.7 Å². The van der Waals surface area contributed by atoms with Crippen molar-refractivity contribution in [2.45, 2.75) is 38.8 Å². The molecule has 1 saturated heterocycles. The summed E-state index contributed by atoms with van der Waals surface area (Å²) in [5.41, 5.74) is 0.516. The molecule has 6 heteroatoms. The molecule has 1 atom stereocenters. The summed E-state index contributed by atoms with van der Waals surface area (Å²) in [5.74, 6) is 0.744. The summed E-state index contributed by atoms with van der Waals surface area (Å²) in [7, 11) is 0. The Morgan fingerprint density at radius 3 is 2.95 bits per heavy atom. The van der Waals surface area contributed by atoms with E-state index in [0.29, 0.717) is 5.69 Å². The Morgan fingerprint density at radius 1 is 1.40 bits per heavy atom. The highest BCUT2D eigenvalue weighted by molar-refractivity contribution is 5.92. The molecule has 2 aliphatic heterocycles. The molecule has 3 rings (SSSR count). The van der Waals surface area contributed by atoms with Crippen LogP contribution in [0.25, 0.3) is 0 Å². The lowest BCUT2D eigenvalue weighted by Gasteiger charge is -2.20. The predicted octanol–water partition coefficient (Wildman–Crippen LogP) is 0.913. The largest absolute Gasteiger partial charge is 0.356 e. The molecule has 20 heavy (non-hydrogen) atoms. The zero-order valence-electron chi connectivity index (χ0n) is 12.1. The van der Waals surface area contributed by atoms with Crippen LogP contribution >= 0.6 is 0 Å². The Bertz CT molecular complexity index is 454. The van der Waals surface area contributed by atoms with Crippen LogP contribution in [0, 0.1) is 0 Å². The average molecular weight is 277 g/mol. The lowest BCUT2D eigenvalue weighted by Crippen LogP contribution is -2.41. The van der Waals surface area contributed by atoms with Crippen molar-refractivity contribution in [3.63, 3.8) is 0 Å². The summed E-state index contributed by atoms with van der Waals surface area (Å²) in [6, 6.07) is 0.160. The summed E-state index contributed by atoms with van der Waals surface area (Å²) in [6.45, 7) is 7.17. The van der Waals surface area contributed by atoms with Crippen molar-refractivity contribution in [3.05, 3.63) is 11.9 Å². The summed E-state index contributed by atoms with van der Waals surface area (Å²) in [6.07, 6.45) is 5.48. The molecule has 1 fully saturated rings. The van der Waals surface area contributed by atoms with E-state index in [1.165, 1.54) is 12.8 Å². The van der Waals surface area contributed by atoms with E-state index < -0.39 is 0 Å². The van der Waals surface area contributed by atoms with Crippen LogP contribution in [0.3, 0.4) is 0 Å². The van der Waals surface area contributed by atoms with Crippen molar-refractivity contribution in [3.8, 4) is 0 Å². The summed E-state index contributed by atoms with van der Waals surface area (Å²) < 4.78 is 2.02. The van der Waals surface area contributed by atoms with Crippen LogP contribution < -0.4 is 10.6 Å². The van der Waals surface area contributed by atoms with Gasteiger partial charge in [0.05, 0.1) is 0 Å². The van der Waals surface area contributed by atoms with Crippen molar-refractivity contribution < 1.29 is 4.79 Å². The zero-order chi connectivity index (χ0) is 13.9. The van der Waals surface area contributed by atoms with Gasteiger partial charge in [-0.15, -0.1) is 0 Å². The maximum absolute atomic E-state index is 12.2. The van der Waals surface area contributed by atoms with Gasteiger partial charge in [0.2, 0.25) is 5.95 Å². The second-order valence-electron chi connectivity index (χ2n) is 5.81. The van der Waals surface area contributed by atoms with Gasteiger partial charge in [-0.3, -0.25) is 4.79 Å². The molecular weight excluding hydrogens is 254 g/mol. The number of likely N-dealkylation sites (tertiary alicyclic amines) is 1. The molecule has 0 aliphatic carbocycles. The van der Waals surface area contributed by atoms with E-state index in [4.69, 9.17) is 0 Å². The van der Waals surface area contributed by atoms with Gasteiger partial charge in [-0.05, 0) is 39.3 Å². The molecule has 6 nitrogen and oxygen atoms in total. The lowest BCUT2D eigenvalue weighted by molar-refractivity contribution is 0.0927. The zero-order valence-corrected chi connectivity index (χ0v) is 12.1. The van der Waals surface area contributed by atoms with Crippen LogP contribution in [0.4, 0.5) is 5.95 Å². The number of hydrogen-bond donors (Lipinski definition) is 2. The Hall–Kier alpha value is -1.56. The van der Waals surface area contributed by atoms with Gasteiger partial charge >= 0.3 is 0 Å². The number of rotatable bonds is 4. The van der Waals surface area contributed by atoms with Crippen molar-refractivity contribution in [1.29, 1.82) is 0 Å². The van der Waals surface area contributed by atoms with Gasteiger partial charge in [-0.1, -0.05) is 0 Å². The lowest BCUT2D eigenvalue weighted by atomic mass is 10.3. The normalized spacial score (nSPS) is 20.2. The van der Waals surface area contributed by atoms with Crippen LogP contribution in [0.5, 0.6) is 0 Å². The second-order valence-corrected chi connectivity index (χ2v) is 5.81. The fraction of sp³-hybridized carbons (Fsp3) is 0.714. The third-order valence-electron chi connectivity index (χ3n) is 3.98. The second kappa shape index (κ2) is 5.83. The quantitative estimate of drug-likeness (QED) is 0.859. The summed E-state index contributed by atoms with van der Waals surface area (Å²) in [4.78, 5) is 19.0. The number of carbonyl (C=O) groups is 1. The maximum Gasteiger partial charge on any atom is 0.271 e. The van der Waals surface area contributed by atoms with Gasteiger partial charge in [-0.2, -0.15) is 0 Å². The average Bonchev–Trinajstić information content (AvgIpc) is 3.06. The van der Waals surface area contributed by atoms with E-state index in [-0.39, 0.29) is 11.9 Å².